The Labute approximate surface area is 446 Å². The number of benzene rings is 7. The average molecular weight is 1140 g/mol. The molecule has 0 heterocycles. The van der Waals surface area contributed by atoms with Crippen molar-refractivity contribution >= 4 is 58.5 Å². The second kappa shape index (κ2) is 21.7. The maximum absolute atomic E-state index is 15.3. The van der Waals surface area contributed by atoms with Gasteiger partial charge in [0.05, 0.1) is 22.0 Å². The zero-order valence-corrected chi connectivity index (χ0v) is 41.5. The Morgan fingerprint density at radius 3 is 1.36 bits per heavy atom. The van der Waals surface area contributed by atoms with Gasteiger partial charge in [0.2, 0.25) is 16.7 Å². The summed E-state index contributed by atoms with van der Waals surface area (Å²) in [6.07, 6.45) is -24.7. The molecular weight excluding hydrogens is 1110 g/mol. The van der Waals surface area contributed by atoms with Gasteiger partial charge in [-0.1, -0.05) is 48.0 Å². The maximum atomic E-state index is 15.3. The van der Waals surface area contributed by atoms with E-state index < -0.39 is 125 Å². The van der Waals surface area contributed by atoms with Crippen molar-refractivity contribution in [1.29, 1.82) is 0 Å². The minimum atomic E-state index is -6.26. The molecule has 0 saturated heterocycles. The molecule has 7 rings (SSSR count). The van der Waals surface area contributed by atoms with E-state index in [-0.39, 0.29) is 46.5 Å². The number of ether oxygens (including phenoxy) is 1. The first-order valence-electron chi connectivity index (χ1n) is 22.7. The first-order valence-corrected chi connectivity index (χ1v) is 24.1. The van der Waals surface area contributed by atoms with E-state index in [1.165, 1.54) is 36.4 Å². The van der Waals surface area contributed by atoms with E-state index in [0.29, 0.717) is 54.1 Å². The van der Waals surface area contributed by atoms with Gasteiger partial charge in [0.15, 0.2) is 0 Å². The number of hydrogen-bond donors (Lipinski definition) is 6. The summed E-state index contributed by atoms with van der Waals surface area (Å²) in [6, 6.07) is 20.5. The molecule has 2 radical (unpaired) electrons. The van der Waals surface area contributed by atoms with Gasteiger partial charge < -0.3 is 35.6 Å². The van der Waals surface area contributed by atoms with Crippen molar-refractivity contribution in [3.8, 4) is 28.7 Å². The number of rotatable bonds is 15. The summed E-state index contributed by atoms with van der Waals surface area (Å²) in [6.45, 7) is 2.60. The number of amides is 3. The Hall–Kier alpha value is -8.88. The smallest absolute Gasteiger partial charge is 0.411 e. The second-order valence-electron chi connectivity index (χ2n) is 17.5. The van der Waals surface area contributed by atoms with Crippen molar-refractivity contribution in [3.05, 3.63) is 191 Å². The fourth-order valence-electron chi connectivity index (χ4n) is 8.48. The lowest BCUT2D eigenvalue weighted by Gasteiger charge is -2.38. The third-order valence-corrected chi connectivity index (χ3v) is 13.6. The van der Waals surface area contributed by atoms with E-state index in [1.807, 2.05) is 4.72 Å². The van der Waals surface area contributed by atoms with E-state index in [2.05, 4.69) is 20.6 Å². The number of aryl methyl sites for hydroxylation is 1. The Bertz CT molecular complexity index is 3570. The van der Waals surface area contributed by atoms with Gasteiger partial charge in [-0.15, -0.1) is 0 Å². The highest BCUT2D eigenvalue weighted by Gasteiger charge is 2.74. The molecule has 7 aromatic carbocycles. The number of nitrogens with one attached hydrogen (secondary N) is 4. The first-order chi connectivity index (χ1) is 37.2. The van der Waals surface area contributed by atoms with Crippen molar-refractivity contribution in [2.45, 2.75) is 54.3 Å². The largest absolute Gasteiger partial charge is 0.566 e. The number of sulfonamides is 1. The van der Waals surface area contributed by atoms with E-state index in [0.717, 1.165) is 55.5 Å². The van der Waals surface area contributed by atoms with Gasteiger partial charge in [0.1, 0.15) is 28.7 Å². The Morgan fingerprint density at radius 1 is 0.500 bits per heavy atom. The van der Waals surface area contributed by atoms with E-state index >= 15 is 26.3 Å². The monoisotopic (exact) mass is 1140 g/mol. The molecule has 0 spiro atoms. The third kappa shape index (κ3) is 11.5. The second-order valence-corrected chi connectivity index (χ2v) is 19.2. The van der Waals surface area contributed by atoms with Crippen molar-refractivity contribution in [2.75, 3.05) is 20.7 Å². The molecule has 0 saturated carbocycles. The van der Waals surface area contributed by atoms with Crippen LogP contribution in [-0.2, 0) is 25.6 Å². The summed E-state index contributed by atoms with van der Waals surface area (Å²) in [7, 11) is 0.592. The summed E-state index contributed by atoms with van der Waals surface area (Å²) in [4.78, 5) is 37.9. The number of anilines is 4. The zero-order valence-electron chi connectivity index (χ0n) is 40.7. The van der Waals surface area contributed by atoms with Crippen LogP contribution in [0.25, 0.3) is 0 Å². The van der Waals surface area contributed by atoms with Crippen molar-refractivity contribution in [3.63, 3.8) is 0 Å². The minimum Gasteiger partial charge on any atom is -0.566 e. The number of halogens is 12. The van der Waals surface area contributed by atoms with Crippen LogP contribution >= 0.6 is 0 Å². The average Bonchev–Trinajstić information content (AvgIpc) is 3.07. The van der Waals surface area contributed by atoms with Crippen LogP contribution in [-0.4, -0.2) is 69.1 Å². The van der Waals surface area contributed by atoms with Crippen LogP contribution in [0.15, 0.2) is 157 Å². The molecule has 7 aromatic rings. The minimum absolute atomic E-state index is 0.00554. The summed E-state index contributed by atoms with van der Waals surface area (Å²) in [5.41, 5.74) is -18.7. The summed E-state index contributed by atoms with van der Waals surface area (Å²) in [5.74, 6) is -5.63. The van der Waals surface area contributed by atoms with Crippen molar-refractivity contribution in [1.82, 2.24) is 0 Å². The molecular formula is C53H37BF12N4O9S. The molecule has 3 amide bonds. The van der Waals surface area contributed by atoms with Gasteiger partial charge in [0.25, 0.3) is 21.8 Å². The Kier molecular flexibility index (Phi) is 16.0. The molecule has 416 valence electrons. The highest BCUT2D eigenvalue weighted by Crippen LogP contribution is 2.59. The third-order valence-electron chi connectivity index (χ3n) is 12.3. The molecule has 13 nitrogen and oxygen atoms in total. The Morgan fingerprint density at radius 2 is 0.912 bits per heavy atom. The predicted octanol–water partition coefficient (Wildman–Crippen LogP) is 12.7. The molecule has 6 N–H and O–H groups in total. The summed E-state index contributed by atoms with van der Waals surface area (Å²) < 4.78 is 220. The molecule has 27 heteroatoms. The standard InChI is InChI=1S/C53H37BF12N4O9S/c1-28-6-19-39(20-7-28)80(76,77)70-41-26-34(13-22-44(41)73)49(52(61,62)63,53(64,65)66)35-14-23-45(79-54)42(27-35)69-47(75)31-10-17-38(18-11-31)78-37-15-8-30(9-16-37)46(74)68-40-25-33(12-21-43(40)72)48(50(55,56)57,51(58,59)60)32-4-3-5-36(24-32)67-29(2)71/h3-27,70,72-73H,1-2H3,(H,67,71)(H,68,74)(H,69,75). The number of alkyl halides is 12. The lowest BCUT2D eigenvalue weighted by atomic mass is 9.72. The van der Waals surface area contributed by atoms with Crippen LogP contribution in [0.4, 0.5) is 75.4 Å². The van der Waals surface area contributed by atoms with Crippen LogP contribution in [0.2, 0.25) is 0 Å². The van der Waals surface area contributed by atoms with Gasteiger partial charge in [-0.05, 0) is 138 Å². The number of carbonyl (C=O) groups excluding carboxylic acids is 3. The molecule has 0 aliphatic rings. The molecule has 0 aliphatic carbocycles. The molecule has 0 aliphatic heterocycles. The van der Waals surface area contributed by atoms with Gasteiger partial charge in [0, 0.05) is 23.7 Å². The molecule has 0 unspecified atom stereocenters. The highest BCUT2D eigenvalue weighted by atomic mass is 32.2. The van der Waals surface area contributed by atoms with Crippen LogP contribution in [0.1, 0.15) is 55.5 Å². The SMILES string of the molecule is [B]Oc1ccc(C(c2ccc(O)c(NS(=O)(=O)c3ccc(C)cc3)c2)(C(F)(F)F)C(F)(F)F)cc1NC(=O)c1ccc(Oc2ccc(C(=O)Nc3cc(C(c4cccc(NC(C)=O)c4)(C(F)(F)F)C(F)(F)F)ccc3O)cc2)cc1. The van der Waals surface area contributed by atoms with Gasteiger partial charge in [-0.2, -0.15) is 52.7 Å². The van der Waals surface area contributed by atoms with E-state index in [9.17, 15) is 59.4 Å². The lowest BCUT2D eigenvalue weighted by molar-refractivity contribution is -0.290. The summed E-state index contributed by atoms with van der Waals surface area (Å²) >= 11 is 0. The molecule has 0 aromatic heterocycles. The zero-order chi connectivity index (χ0) is 59.0. The highest BCUT2D eigenvalue weighted by molar-refractivity contribution is 7.92. The molecule has 0 atom stereocenters. The van der Waals surface area contributed by atoms with Gasteiger partial charge >= 0.3 is 32.8 Å². The van der Waals surface area contributed by atoms with E-state index in [4.69, 9.17) is 12.8 Å². The maximum Gasteiger partial charge on any atom is 0.411 e. The van der Waals surface area contributed by atoms with Crippen molar-refractivity contribution in [2.24, 2.45) is 0 Å². The Balaban J connectivity index is 1.10. The first kappa shape index (κ1) is 58.8. The van der Waals surface area contributed by atoms with Crippen LogP contribution < -0.4 is 30.1 Å². The van der Waals surface area contributed by atoms with Crippen LogP contribution in [0, 0.1) is 6.92 Å². The van der Waals surface area contributed by atoms with Crippen LogP contribution in [0.3, 0.4) is 0 Å². The number of carbonyl (C=O) groups is 3. The van der Waals surface area contributed by atoms with Crippen molar-refractivity contribution < 1.29 is 95.1 Å². The number of aromatic hydroxyl groups is 2. The van der Waals surface area contributed by atoms with Crippen LogP contribution in [0.5, 0.6) is 28.7 Å². The predicted molar refractivity (Wildman–Crippen MR) is 266 cm³/mol. The normalized spacial score (nSPS) is 12.5. The fourth-order valence-corrected chi connectivity index (χ4v) is 9.54. The lowest BCUT2D eigenvalue weighted by Crippen LogP contribution is -2.54. The number of phenols is 2. The topological polar surface area (TPSA) is 192 Å². The molecule has 0 bridgehead atoms. The number of hydrogen-bond acceptors (Lipinski definition) is 9. The summed E-state index contributed by atoms with van der Waals surface area (Å²) in [5, 5.41) is 27.3. The molecule has 80 heavy (non-hydrogen) atoms. The quantitative estimate of drug-likeness (QED) is 0.0329. The number of phenolic OH excluding ortho intramolecular Hbond substituents is 2. The van der Waals surface area contributed by atoms with Gasteiger partial charge in [-0.25, -0.2) is 8.42 Å². The fraction of sp³-hybridized carbons (Fsp3) is 0.151. The van der Waals surface area contributed by atoms with E-state index in [1.54, 1.807) is 6.92 Å². The van der Waals surface area contributed by atoms with Gasteiger partial charge in [-0.3, -0.25) is 19.1 Å². The molecule has 0 fully saturated rings.